The van der Waals surface area contributed by atoms with Gasteiger partial charge in [-0.05, 0) is 30.4 Å². The summed E-state index contributed by atoms with van der Waals surface area (Å²) in [6, 6.07) is 8.74. The standard InChI is InChI=1S/C9H10.Si/c1-2-5-9-7-3-6-8(9)4-1;/h1-2,4-5H,3,6-7H2;. The van der Waals surface area contributed by atoms with Crippen LogP contribution in [0.3, 0.4) is 0 Å². The first-order valence-corrected chi connectivity index (χ1v) is 3.53. The Morgan fingerprint density at radius 1 is 0.900 bits per heavy atom. The Labute approximate surface area is 66.3 Å². The number of benzene rings is 1. The van der Waals surface area contributed by atoms with E-state index in [1.165, 1.54) is 19.3 Å². The molecule has 0 amide bonds. The van der Waals surface area contributed by atoms with Crippen molar-refractivity contribution in [3.05, 3.63) is 35.4 Å². The second-order valence-corrected chi connectivity index (χ2v) is 2.62. The van der Waals surface area contributed by atoms with E-state index in [0.717, 1.165) is 0 Å². The molecule has 0 nitrogen and oxygen atoms in total. The van der Waals surface area contributed by atoms with Crippen LogP contribution in [0, 0.1) is 0 Å². The van der Waals surface area contributed by atoms with E-state index in [9.17, 15) is 0 Å². The summed E-state index contributed by atoms with van der Waals surface area (Å²) < 4.78 is 0. The van der Waals surface area contributed by atoms with Crippen LogP contribution in [0.5, 0.6) is 0 Å². The maximum Gasteiger partial charge on any atom is 0 e. The Bertz CT molecular complexity index is 195. The molecule has 4 radical (unpaired) electrons. The van der Waals surface area contributed by atoms with Gasteiger partial charge in [-0.2, -0.15) is 0 Å². The minimum absolute atomic E-state index is 0. The predicted molar refractivity (Wildman–Crippen MR) is 44.2 cm³/mol. The molecule has 0 fully saturated rings. The molecule has 0 bridgehead atoms. The largest absolute Gasteiger partial charge is 0.0620 e. The highest BCUT2D eigenvalue weighted by molar-refractivity contribution is 5.75. The maximum atomic E-state index is 2.24. The lowest BCUT2D eigenvalue weighted by Crippen LogP contribution is -1.77. The van der Waals surface area contributed by atoms with E-state index >= 15 is 0 Å². The molecule has 1 aliphatic rings. The molecule has 1 aromatic carbocycles. The van der Waals surface area contributed by atoms with Crippen LogP contribution in [-0.4, -0.2) is 11.0 Å². The van der Waals surface area contributed by atoms with Crippen molar-refractivity contribution in [2.24, 2.45) is 0 Å². The highest BCUT2D eigenvalue weighted by Gasteiger charge is 2.07. The van der Waals surface area contributed by atoms with Gasteiger partial charge in [0.25, 0.3) is 0 Å². The highest BCUT2D eigenvalue weighted by Crippen LogP contribution is 2.20. The van der Waals surface area contributed by atoms with Crippen LogP contribution in [0.2, 0.25) is 0 Å². The molecule has 2 rings (SSSR count). The van der Waals surface area contributed by atoms with Gasteiger partial charge >= 0.3 is 0 Å². The second-order valence-electron chi connectivity index (χ2n) is 2.62. The number of rotatable bonds is 0. The molecule has 0 heterocycles. The fourth-order valence-corrected chi connectivity index (χ4v) is 1.51. The van der Waals surface area contributed by atoms with Gasteiger partial charge in [0, 0.05) is 11.0 Å². The SMILES string of the molecule is [Si].c1ccc2c(c1)CCC2. The van der Waals surface area contributed by atoms with Crippen molar-refractivity contribution < 1.29 is 0 Å². The predicted octanol–water partition coefficient (Wildman–Crippen LogP) is 1.79. The highest BCUT2D eigenvalue weighted by atomic mass is 28.1. The Morgan fingerprint density at radius 2 is 1.40 bits per heavy atom. The monoisotopic (exact) mass is 146 g/mol. The molecule has 1 aliphatic carbocycles. The topological polar surface area (TPSA) is 0 Å². The van der Waals surface area contributed by atoms with Gasteiger partial charge in [-0.15, -0.1) is 0 Å². The zero-order chi connectivity index (χ0) is 6.10. The van der Waals surface area contributed by atoms with Gasteiger partial charge in [0.2, 0.25) is 0 Å². The van der Waals surface area contributed by atoms with E-state index in [4.69, 9.17) is 0 Å². The summed E-state index contributed by atoms with van der Waals surface area (Å²) in [5, 5.41) is 0. The van der Waals surface area contributed by atoms with Crippen molar-refractivity contribution in [1.29, 1.82) is 0 Å². The zero-order valence-corrected chi connectivity index (χ0v) is 6.93. The molecule has 1 aromatic rings. The second kappa shape index (κ2) is 3.02. The summed E-state index contributed by atoms with van der Waals surface area (Å²) in [6.07, 6.45) is 3.96. The van der Waals surface area contributed by atoms with Gasteiger partial charge < -0.3 is 0 Å². The van der Waals surface area contributed by atoms with Crippen LogP contribution < -0.4 is 0 Å². The first kappa shape index (κ1) is 7.54. The fourth-order valence-electron chi connectivity index (χ4n) is 1.51. The molecule has 0 aliphatic heterocycles. The van der Waals surface area contributed by atoms with Crippen LogP contribution in [0.4, 0.5) is 0 Å². The molecular weight excluding hydrogens is 136 g/mol. The lowest BCUT2D eigenvalue weighted by molar-refractivity contribution is 0.912. The molecular formula is C9H10Si. The smallest absolute Gasteiger partial charge is 0 e. The third kappa shape index (κ3) is 1.14. The van der Waals surface area contributed by atoms with Crippen molar-refractivity contribution in [2.45, 2.75) is 19.3 Å². The van der Waals surface area contributed by atoms with Crippen molar-refractivity contribution in [3.63, 3.8) is 0 Å². The van der Waals surface area contributed by atoms with E-state index in [1.54, 1.807) is 11.1 Å². The summed E-state index contributed by atoms with van der Waals surface area (Å²) in [6.45, 7) is 0. The number of aryl methyl sites for hydroxylation is 2. The van der Waals surface area contributed by atoms with Gasteiger partial charge in [0.1, 0.15) is 0 Å². The molecule has 0 saturated carbocycles. The lowest BCUT2D eigenvalue weighted by Gasteiger charge is -1.93. The van der Waals surface area contributed by atoms with Gasteiger partial charge in [-0.3, -0.25) is 0 Å². The minimum atomic E-state index is 0. The lowest BCUT2D eigenvalue weighted by atomic mass is 10.1. The van der Waals surface area contributed by atoms with Crippen molar-refractivity contribution in [1.82, 2.24) is 0 Å². The third-order valence-corrected chi connectivity index (χ3v) is 2.01. The van der Waals surface area contributed by atoms with E-state index in [0.29, 0.717) is 0 Å². The van der Waals surface area contributed by atoms with Crippen LogP contribution in [0.1, 0.15) is 17.5 Å². The fraction of sp³-hybridized carbons (Fsp3) is 0.333. The summed E-state index contributed by atoms with van der Waals surface area (Å²) in [5.74, 6) is 0. The Hall–Kier alpha value is -0.563. The Morgan fingerprint density at radius 3 is 1.90 bits per heavy atom. The first-order valence-electron chi connectivity index (χ1n) is 3.53. The average molecular weight is 146 g/mol. The van der Waals surface area contributed by atoms with E-state index < -0.39 is 0 Å². The van der Waals surface area contributed by atoms with E-state index in [2.05, 4.69) is 24.3 Å². The van der Waals surface area contributed by atoms with Gasteiger partial charge in [0.15, 0.2) is 0 Å². The average Bonchev–Trinajstić information content (AvgIpc) is 2.33. The number of fused-ring (bicyclic) bond motifs is 1. The Kier molecular flexibility index (Phi) is 2.28. The molecule has 0 aromatic heterocycles. The van der Waals surface area contributed by atoms with Gasteiger partial charge in [-0.1, -0.05) is 24.3 Å². The van der Waals surface area contributed by atoms with Crippen LogP contribution >= 0.6 is 0 Å². The molecule has 10 heavy (non-hydrogen) atoms. The zero-order valence-electron chi connectivity index (χ0n) is 5.93. The maximum absolute atomic E-state index is 2.24. The van der Waals surface area contributed by atoms with Crippen molar-refractivity contribution in [2.75, 3.05) is 0 Å². The summed E-state index contributed by atoms with van der Waals surface area (Å²) in [7, 11) is 0. The van der Waals surface area contributed by atoms with Gasteiger partial charge in [0.05, 0.1) is 0 Å². The van der Waals surface area contributed by atoms with Crippen LogP contribution in [0.25, 0.3) is 0 Å². The number of hydrogen-bond donors (Lipinski definition) is 0. The van der Waals surface area contributed by atoms with Crippen LogP contribution in [-0.2, 0) is 12.8 Å². The normalized spacial score (nSPS) is 14.0. The molecule has 0 atom stereocenters. The minimum Gasteiger partial charge on any atom is -0.0620 e. The summed E-state index contributed by atoms with van der Waals surface area (Å²) in [4.78, 5) is 0. The third-order valence-electron chi connectivity index (χ3n) is 2.01. The molecule has 50 valence electrons. The van der Waals surface area contributed by atoms with Crippen LogP contribution in [0.15, 0.2) is 24.3 Å². The molecule has 0 spiro atoms. The Balaban J connectivity index is 0.000000500. The molecule has 0 saturated heterocycles. The molecule has 0 N–H and O–H groups in total. The van der Waals surface area contributed by atoms with Gasteiger partial charge in [-0.25, -0.2) is 0 Å². The quantitative estimate of drug-likeness (QED) is 0.490. The van der Waals surface area contributed by atoms with Crippen molar-refractivity contribution >= 4 is 11.0 Å². The van der Waals surface area contributed by atoms with E-state index in [-0.39, 0.29) is 11.0 Å². The first-order chi connectivity index (χ1) is 4.47. The summed E-state index contributed by atoms with van der Waals surface area (Å²) in [5.41, 5.74) is 3.13. The number of hydrogen-bond acceptors (Lipinski definition) is 0. The molecule has 1 heteroatoms. The summed E-state index contributed by atoms with van der Waals surface area (Å²) >= 11 is 0. The van der Waals surface area contributed by atoms with E-state index in [1.807, 2.05) is 0 Å². The molecule has 0 unspecified atom stereocenters. The van der Waals surface area contributed by atoms with Crippen molar-refractivity contribution in [3.8, 4) is 0 Å².